The van der Waals surface area contributed by atoms with Crippen LogP contribution < -0.4 is 20.1 Å². The number of carbonyl (C=O) groups excluding carboxylic acids is 1. The van der Waals surface area contributed by atoms with E-state index in [1.807, 2.05) is 19.9 Å². The van der Waals surface area contributed by atoms with Gasteiger partial charge in [0.1, 0.15) is 5.69 Å². The second kappa shape index (κ2) is 8.81. The largest absolute Gasteiger partial charge is 0.493 e. The van der Waals surface area contributed by atoms with Crippen LogP contribution in [0.15, 0.2) is 36.4 Å². The molecule has 1 aliphatic rings. The molecule has 3 rings (SSSR count). The van der Waals surface area contributed by atoms with Gasteiger partial charge in [-0.15, -0.1) is 0 Å². The van der Waals surface area contributed by atoms with Crippen molar-refractivity contribution < 1.29 is 19.2 Å². The van der Waals surface area contributed by atoms with Gasteiger partial charge in [0.15, 0.2) is 11.5 Å². The zero-order valence-electron chi connectivity index (χ0n) is 16.7. The number of hydrogen-bond acceptors (Lipinski definition) is 6. The predicted molar refractivity (Wildman–Crippen MR) is 110 cm³/mol. The van der Waals surface area contributed by atoms with Crippen LogP contribution in [0, 0.1) is 10.1 Å². The molecule has 0 aliphatic heterocycles. The summed E-state index contributed by atoms with van der Waals surface area (Å²) in [5.74, 6) is 0.828. The molecule has 0 spiro atoms. The number of nitrogens with one attached hydrogen (secondary N) is 2. The summed E-state index contributed by atoms with van der Waals surface area (Å²) in [5.41, 5.74) is 1.42. The zero-order chi connectivity index (χ0) is 21.0. The van der Waals surface area contributed by atoms with Crippen LogP contribution in [0.2, 0.25) is 0 Å². The number of ether oxygens (including phenoxy) is 2. The van der Waals surface area contributed by atoms with Gasteiger partial charge < -0.3 is 20.1 Å². The van der Waals surface area contributed by atoms with Crippen molar-refractivity contribution in [3.63, 3.8) is 0 Å². The van der Waals surface area contributed by atoms with Crippen molar-refractivity contribution in [3.8, 4) is 11.5 Å². The molecule has 154 valence electrons. The molecule has 29 heavy (non-hydrogen) atoms. The molecule has 8 nitrogen and oxygen atoms in total. The quantitative estimate of drug-likeness (QED) is 0.487. The number of benzene rings is 2. The Bertz CT molecular complexity index is 911. The standard InChI is InChI=1S/C21H25N3O5/c1-4-29-19-10-6-14(12-20(19)28-3)13(2)22-21(25)15-5-9-17(23-16-7-8-16)18(11-15)24(26)27/h5-6,9-13,16,23H,4,7-8H2,1-3H3,(H,22,25). The number of hydrogen-bond donors (Lipinski definition) is 2. The molecular formula is C21H25N3O5. The van der Waals surface area contributed by atoms with Crippen LogP contribution in [0.4, 0.5) is 11.4 Å². The first-order chi connectivity index (χ1) is 13.9. The highest BCUT2D eigenvalue weighted by molar-refractivity contribution is 5.96. The maximum atomic E-state index is 12.7. The van der Waals surface area contributed by atoms with E-state index in [9.17, 15) is 14.9 Å². The Morgan fingerprint density at radius 1 is 1.24 bits per heavy atom. The lowest BCUT2D eigenvalue weighted by Crippen LogP contribution is -2.26. The number of amides is 1. The fraction of sp³-hybridized carbons (Fsp3) is 0.381. The highest BCUT2D eigenvalue weighted by atomic mass is 16.6. The van der Waals surface area contributed by atoms with Crippen LogP contribution in [0.1, 0.15) is 48.7 Å². The van der Waals surface area contributed by atoms with Crippen molar-refractivity contribution in [2.45, 2.75) is 38.8 Å². The Balaban J connectivity index is 1.75. The third-order valence-corrected chi connectivity index (χ3v) is 4.73. The van der Waals surface area contributed by atoms with Crippen molar-refractivity contribution in [1.82, 2.24) is 5.32 Å². The average molecular weight is 399 g/mol. The second-order valence-electron chi connectivity index (χ2n) is 6.95. The Morgan fingerprint density at radius 3 is 2.62 bits per heavy atom. The maximum absolute atomic E-state index is 12.7. The lowest BCUT2D eigenvalue weighted by molar-refractivity contribution is -0.384. The van der Waals surface area contributed by atoms with E-state index in [-0.39, 0.29) is 29.2 Å². The van der Waals surface area contributed by atoms with Gasteiger partial charge in [-0.3, -0.25) is 14.9 Å². The fourth-order valence-corrected chi connectivity index (χ4v) is 2.99. The highest BCUT2D eigenvalue weighted by Crippen LogP contribution is 2.32. The maximum Gasteiger partial charge on any atom is 0.293 e. The van der Waals surface area contributed by atoms with E-state index in [1.165, 1.54) is 6.07 Å². The van der Waals surface area contributed by atoms with Crippen molar-refractivity contribution in [2.75, 3.05) is 19.0 Å². The van der Waals surface area contributed by atoms with E-state index < -0.39 is 4.92 Å². The molecule has 0 aromatic heterocycles. The lowest BCUT2D eigenvalue weighted by Gasteiger charge is -2.17. The van der Waals surface area contributed by atoms with Gasteiger partial charge in [0.25, 0.3) is 11.6 Å². The third-order valence-electron chi connectivity index (χ3n) is 4.73. The molecule has 0 heterocycles. The minimum atomic E-state index is -0.470. The Kier molecular flexibility index (Phi) is 6.21. The van der Waals surface area contributed by atoms with Gasteiger partial charge in [0, 0.05) is 17.7 Å². The number of methoxy groups -OCH3 is 1. The molecule has 1 saturated carbocycles. The van der Waals surface area contributed by atoms with Gasteiger partial charge >= 0.3 is 0 Å². The first-order valence-corrected chi connectivity index (χ1v) is 9.59. The van der Waals surface area contributed by atoms with Gasteiger partial charge in [-0.2, -0.15) is 0 Å². The van der Waals surface area contributed by atoms with Crippen LogP contribution in [0.5, 0.6) is 11.5 Å². The van der Waals surface area contributed by atoms with E-state index in [0.29, 0.717) is 23.8 Å². The van der Waals surface area contributed by atoms with Crippen LogP contribution >= 0.6 is 0 Å². The second-order valence-corrected chi connectivity index (χ2v) is 6.95. The first kappa shape index (κ1) is 20.4. The van der Waals surface area contributed by atoms with Gasteiger partial charge in [0.05, 0.1) is 24.7 Å². The minimum Gasteiger partial charge on any atom is -0.493 e. The Morgan fingerprint density at radius 2 is 2.00 bits per heavy atom. The average Bonchev–Trinajstić information content (AvgIpc) is 3.52. The number of nitrogens with zero attached hydrogens (tertiary/aromatic N) is 1. The number of nitro groups is 1. The third kappa shape index (κ3) is 4.96. The number of nitro benzene ring substituents is 1. The monoisotopic (exact) mass is 399 g/mol. The summed E-state index contributed by atoms with van der Waals surface area (Å²) in [6, 6.07) is 9.91. The van der Waals surface area contributed by atoms with Crippen LogP contribution in [-0.2, 0) is 0 Å². The van der Waals surface area contributed by atoms with Gasteiger partial charge in [-0.05, 0) is 56.5 Å². The SMILES string of the molecule is CCOc1ccc(C(C)NC(=O)c2ccc(NC3CC3)c([N+](=O)[O-])c2)cc1OC. The van der Waals surface area contributed by atoms with E-state index >= 15 is 0 Å². The van der Waals surface area contributed by atoms with Gasteiger partial charge in [-0.1, -0.05) is 6.07 Å². The Labute approximate surface area is 169 Å². The Hall–Kier alpha value is -3.29. The molecule has 2 aromatic rings. The van der Waals surface area contributed by atoms with E-state index in [4.69, 9.17) is 9.47 Å². The fourth-order valence-electron chi connectivity index (χ4n) is 2.99. The van der Waals surface area contributed by atoms with Crippen molar-refractivity contribution in [1.29, 1.82) is 0 Å². The topological polar surface area (TPSA) is 103 Å². The molecule has 1 unspecified atom stereocenters. The van der Waals surface area contributed by atoms with Crippen LogP contribution in [-0.4, -0.2) is 30.6 Å². The smallest absolute Gasteiger partial charge is 0.293 e. The molecule has 1 aliphatic carbocycles. The van der Waals surface area contributed by atoms with E-state index in [0.717, 1.165) is 18.4 Å². The summed E-state index contributed by atoms with van der Waals surface area (Å²) < 4.78 is 10.9. The molecule has 0 bridgehead atoms. The molecule has 1 fully saturated rings. The molecule has 8 heteroatoms. The summed E-state index contributed by atoms with van der Waals surface area (Å²) in [6.07, 6.45) is 2.00. The number of rotatable bonds is 9. The zero-order valence-corrected chi connectivity index (χ0v) is 16.7. The molecule has 0 saturated heterocycles. The lowest BCUT2D eigenvalue weighted by atomic mass is 10.1. The van der Waals surface area contributed by atoms with Crippen LogP contribution in [0.25, 0.3) is 0 Å². The van der Waals surface area contributed by atoms with Crippen molar-refractivity contribution in [2.24, 2.45) is 0 Å². The van der Waals surface area contributed by atoms with Gasteiger partial charge in [0.2, 0.25) is 0 Å². The summed E-state index contributed by atoms with van der Waals surface area (Å²) in [6.45, 7) is 4.25. The van der Waals surface area contributed by atoms with E-state index in [2.05, 4.69) is 10.6 Å². The summed E-state index contributed by atoms with van der Waals surface area (Å²) >= 11 is 0. The van der Waals surface area contributed by atoms with Crippen LogP contribution in [0.3, 0.4) is 0 Å². The normalized spacial score (nSPS) is 14.0. The summed E-state index contributed by atoms with van der Waals surface area (Å²) in [5, 5.41) is 17.4. The molecule has 1 amide bonds. The first-order valence-electron chi connectivity index (χ1n) is 9.59. The summed E-state index contributed by atoms with van der Waals surface area (Å²) in [7, 11) is 1.56. The molecule has 1 atom stereocenters. The van der Waals surface area contributed by atoms with Crippen molar-refractivity contribution in [3.05, 3.63) is 57.6 Å². The molecule has 0 radical (unpaired) electrons. The number of carbonyl (C=O) groups is 1. The molecule has 2 aromatic carbocycles. The molecule has 2 N–H and O–H groups in total. The van der Waals surface area contributed by atoms with Crippen molar-refractivity contribution >= 4 is 17.3 Å². The van der Waals surface area contributed by atoms with Gasteiger partial charge in [-0.25, -0.2) is 0 Å². The number of anilines is 1. The van der Waals surface area contributed by atoms with E-state index in [1.54, 1.807) is 31.4 Å². The highest BCUT2D eigenvalue weighted by Gasteiger charge is 2.26. The summed E-state index contributed by atoms with van der Waals surface area (Å²) in [4.78, 5) is 23.6. The molecular weight excluding hydrogens is 374 g/mol. The predicted octanol–water partition coefficient (Wildman–Crippen LogP) is 4.07. The minimum absolute atomic E-state index is 0.0973.